The maximum Gasteiger partial charge on any atom is 0.171 e. The van der Waals surface area contributed by atoms with Gasteiger partial charge in [-0.2, -0.15) is 0 Å². The molecule has 3 unspecified atom stereocenters. The summed E-state index contributed by atoms with van der Waals surface area (Å²) >= 11 is 5.05. The van der Waals surface area contributed by atoms with Gasteiger partial charge in [0.05, 0.1) is 12.3 Å². The fourth-order valence-electron chi connectivity index (χ4n) is 2.31. The van der Waals surface area contributed by atoms with Crippen molar-refractivity contribution in [1.29, 1.82) is 0 Å². The zero-order valence-corrected chi connectivity index (χ0v) is 15.0. The van der Waals surface area contributed by atoms with Crippen LogP contribution in [0.25, 0.3) is 0 Å². The molecule has 122 valence electrons. The van der Waals surface area contributed by atoms with E-state index < -0.39 is 16.9 Å². The molecule has 0 aliphatic carbocycles. The molecule has 1 N–H and O–H groups in total. The smallest absolute Gasteiger partial charge is 0.171 e. The Hall–Kier alpha value is -0.530. The highest BCUT2D eigenvalue weighted by Crippen LogP contribution is 2.46. The van der Waals surface area contributed by atoms with Crippen LogP contribution in [0.3, 0.4) is 0 Å². The zero-order chi connectivity index (χ0) is 16.3. The van der Waals surface area contributed by atoms with Gasteiger partial charge in [-0.3, -0.25) is 0 Å². The predicted octanol–water partition coefficient (Wildman–Crippen LogP) is 2.64. The van der Waals surface area contributed by atoms with E-state index in [1.807, 2.05) is 40.7 Å². The Balaban J connectivity index is 1.97. The number of hydrogen-bond acceptors (Lipinski definition) is 5. The van der Waals surface area contributed by atoms with Gasteiger partial charge in [-0.15, -0.1) is 4.72 Å². The minimum absolute atomic E-state index is 0.330. The number of nitrogens with zero attached hydrogens (tertiary/aromatic N) is 1. The van der Waals surface area contributed by atoms with Gasteiger partial charge in [0.1, 0.15) is 22.5 Å². The molecule has 1 aromatic rings. The molecule has 0 radical (unpaired) electrons. The van der Waals surface area contributed by atoms with Crippen molar-refractivity contribution in [1.82, 2.24) is 9.71 Å². The van der Waals surface area contributed by atoms with E-state index in [1.54, 1.807) is 0 Å². The van der Waals surface area contributed by atoms with E-state index in [1.165, 1.54) is 0 Å². The van der Waals surface area contributed by atoms with E-state index in [4.69, 9.17) is 21.1 Å². The molecule has 1 saturated heterocycles. The summed E-state index contributed by atoms with van der Waals surface area (Å²) in [7, 11) is 0. The number of fused-ring (bicyclic) bond motifs is 1. The minimum atomic E-state index is -1.22. The van der Waals surface area contributed by atoms with Crippen LogP contribution in [0.5, 0.6) is 5.75 Å². The molecule has 22 heavy (non-hydrogen) atoms. The van der Waals surface area contributed by atoms with E-state index in [-0.39, 0.29) is 10.3 Å². The second-order valence-corrected chi connectivity index (χ2v) is 9.62. The van der Waals surface area contributed by atoms with Crippen molar-refractivity contribution in [2.75, 3.05) is 13.2 Å². The quantitative estimate of drug-likeness (QED) is 0.518. The van der Waals surface area contributed by atoms with E-state index >= 15 is 0 Å². The molecule has 3 rings (SSSR count). The summed E-state index contributed by atoms with van der Waals surface area (Å²) in [6.45, 7) is 10.7. The number of halogens is 1. The number of epoxide rings is 1. The van der Waals surface area contributed by atoms with Crippen LogP contribution in [0.15, 0.2) is 6.07 Å². The third-order valence-corrected chi connectivity index (χ3v) is 6.03. The highest BCUT2D eigenvalue weighted by molar-refractivity contribution is 7.90. The molecule has 2 aliphatic rings. The lowest BCUT2D eigenvalue weighted by Crippen LogP contribution is -2.50. The van der Waals surface area contributed by atoms with Gasteiger partial charge in [0.2, 0.25) is 0 Å². The monoisotopic (exact) mass is 344 g/mol. The van der Waals surface area contributed by atoms with Gasteiger partial charge in [0, 0.05) is 16.9 Å². The van der Waals surface area contributed by atoms with Gasteiger partial charge in [-0.1, -0.05) is 11.6 Å². The molecule has 3 heterocycles. The molecule has 7 heteroatoms. The maximum absolute atomic E-state index is 12.5. The Morgan fingerprint density at radius 1 is 1.36 bits per heavy atom. The lowest BCUT2D eigenvalue weighted by Gasteiger charge is -2.31. The van der Waals surface area contributed by atoms with Crippen molar-refractivity contribution in [3.63, 3.8) is 0 Å². The van der Waals surface area contributed by atoms with Crippen LogP contribution >= 0.6 is 11.6 Å². The molecule has 0 amide bonds. The minimum Gasteiger partial charge on any atom is -0.598 e. The molecule has 1 fully saturated rings. The first kappa shape index (κ1) is 16.3. The Bertz CT molecular complexity index is 616. The van der Waals surface area contributed by atoms with Gasteiger partial charge in [0.15, 0.2) is 10.9 Å². The van der Waals surface area contributed by atoms with Crippen molar-refractivity contribution in [2.45, 2.75) is 50.5 Å². The highest BCUT2D eigenvalue weighted by Gasteiger charge is 2.48. The number of ether oxygens (including phenoxy) is 2. The van der Waals surface area contributed by atoms with E-state index in [9.17, 15) is 4.55 Å². The number of rotatable bonds is 3. The molecule has 2 aliphatic heterocycles. The Labute approximate surface area is 139 Å². The van der Waals surface area contributed by atoms with Gasteiger partial charge in [-0.25, -0.2) is 4.98 Å². The van der Waals surface area contributed by atoms with E-state index in [0.29, 0.717) is 24.1 Å². The summed E-state index contributed by atoms with van der Waals surface area (Å²) in [5, 5.41) is 0.330. The van der Waals surface area contributed by atoms with Crippen molar-refractivity contribution >= 4 is 23.0 Å². The number of hydrogen-bond donors (Lipinski definition) is 1. The van der Waals surface area contributed by atoms with Gasteiger partial charge in [0.25, 0.3) is 0 Å². The first-order valence-corrected chi connectivity index (χ1v) is 8.76. The highest BCUT2D eigenvalue weighted by atomic mass is 35.5. The van der Waals surface area contributed by atoms with Gasteiger partial charge >= 0.3 is 0 Å². The molecule has 3 atom stereocenters. The van der Waals surface area contributed by atoms with Crippen molar-refractivity contribution < 1.29 is 14.0 Å². The second-order valence-electron chi connectivity index (χ2n) is 7.30. The standard InChI is InChI=1S/C15H21ClN2O3S/c1-13(2,3)22(19)18-14(4)7-20-11-9(14)6-10(17-12(11)16)15(5)8-21-15/h6,18H,7-8H2,1-5H3. The van der Waals surface area contributed by atoms with Crippen LogP contribution in [0.1, 0.15) is 45.9 Å². The van der Waals surface area contributed by atoms with Crippen LogP contribution in [-0.4, -0.2) is 27.5 Å². The summed E-state index contributed by atoms with van der Waals surface area (Å²) in [5.41, 5.74) is 0.735. The summed E-state index contributed by atoms with van der Waals surface area (Å²) in [6, 6.07) is 1.95. The van der Waals surface area contributed by atoms with E-state index in [0.717, 1.165) is 11.3 Å². The first-order chi connectivity index (χ1) is 10.1. The largest absolute Gasteiger partial charge is 0.598 e. The molecule has 0 aromatic carbocycles. The summed E-state index contributed by atoms with van der Waals surface area (Å²) < 4.78 is 26.5. The fraction of sp³-hybridized carbons (Fsp3) is 0.667. The molecule has 0 saturated carbocycles. The SMILES string of the molecule is CC1(N[S+]([O-])C(C)(C)C)COc2c1cc(C1(C)CO1)nc2Cl. The molecule has 0 spiro atoms. The zero-order valence-electron chi connectivity index (χ0n) is 13.4. The number of nitrogens with one attached hydrogen (secondary N) is 1. The Kier molecular flexibility index (Phi) is 3.70. The summed E-state index contributed by atoms with van der Waals surface area (Å²) in [6.07, 6.45) is 0. The maximum atomic E-state index is 12.5. The normalized spacial score (nSPS) is 31.6. The van der Waals surface area contributed by atoms with Crippen LogP contribution in [0.2, 0.25) is 5.15 Å². The number of pyridine rings is 1. The predicted molar refractivity (Wildman–Crippen MR) is 86.4 cm³/mol. The molecular weight excluding hydrogens is 324 g/mol. The third kappa shape index (κ3) is 2.71. The van der Waals surface area contributed by atoms with E-state index in [2.05, 4.69) is 9.71 Å². The van der Waals surface area contributed by atoms with Crippen molar-refractivity contribution in [3.8, 4) is 5.75 Å². The number of aromatic nitrogens is 1. The lowest BCUT2D eigenvalue weighted by molar-refractivity contribution is 0.266. The first-order valence-electron chi connectivity index (χ1n) is 7.23. The molecule has 5 nitrogen and oxygen atoms in total. The molecule has 0 bridgehead atoms. The second kappa shape index (κ2) is 4.98. The lowest BCUT2D eigenvalue weighted by atomic mass is 9.94. The van der Waals surface area contributed by atoms with Gasteiger partial charge in [-0.05, 0) is 40.7 Å². The van der Waals surface area contributed by atoms with Crippen LogP contribution in [0.4, 0.5) is 0 Å². The third-order valence-electron chi connectivity index (χ3n) is 4.02. The fourth-order valence-corrected chi connectivity index (χ4v) is 3.44. The van der Waals surface area contributed by atoms with Crippen LogP contribution in [-0.2, 0) is 27.2 Å². The average Bonchev–Trinajstić information content (AvgIpc) is 3.06. The summed E-state index contributed by atoms with van der Waals surface area (Å²) in [4.78, 5) is 4.38. The van der Waals surface area contributed by atoms with Crippen LogP contribution in [0, 0.1) is 0 Å². The van der Waals surface area contributed by atoms with Crippen molar-refractivity contribution in [2.24, 2.45) is 0 Å². The summed E-state index contributed by atoms with van der Waals surface area (Å²) in [5.74, 6) is 0.565. The molecular formula is C15H21ClN2O3S. The van der Waals surface area contributed by atoms with Crippen LogP contribution < -0.4 is 9.46 Å². The Morgan fingerprint density at radius 2 is 2.00 bits per heavy atom. The molecule has 1 aromatic heterocycles. The van der Waals surface area contributed by atoms with Gasteiger partial charge < -0.3 is 14.0 Å². The average molecular weight is 345 g/mol. The topological polar surface area (TPSA) is 69.7 Å². The Morgan fingerprint density at radius 3 is 2.55 bits per heavy atom. The van der Waals surface area contributed by atoms with Crippen molar-refractivity contribution in [3.05, 3.63) is 22.5 Å².